The van der Waals surface area contributed by atoms with Crippen molar-refractivity contribution in [2.75, 3.05) is 10.7 Å². The summed E-state index contributed by atoms with van der Waals surface area (Å²) in [5.74, 6) is 0.998. The summed E-state index contributed by atoms with van der Waals surface area (Å²) < 4.78 is 1.11. The molecule has 32 heavy (non-hydrogen) atoms. The van der Waals surface area contributed by atoms with Crippen molar-refractivity contribution >= 4 is 44.4 Å². The van der Waals surface area contributed by atoms with Crippen molar-refractivity contribution in [2.45, 2.75) is 45.1 Å². The molecule has 164 valence electrons. The summed E-state index contributed by atoms with van der Waals surface area (Å²) >= 11 is 3.37. The third-order valence-corrected chi connectivity index (χ3v) is 7.62. The molecule has 0 bridgehead atoms. The number of amides is 1. The highest BCUT2D eigenvalue weighted by Gasteiger charge is 2.21. The van der Waals surface area contributed by atoms with Gasteiger partial charge in [-0.15, -0.1) is 11.8 Å². The third kappa shape index (κ3) is 5.37. The molecule has 0 aliphatic rings. The van der Waals surface area contributed by atoms with Crippen LogP contribution in [0, 0.1) is 20.8 Å². The van der Waals surface area contributed by atoms with Gasteiger partial charge in [0.25, 0.3) is 0 Å². The Morgan fingerprint density at radius 1 is 1.03 bits per heavy atom. The zero-order valence-corrected chi connectivity index (χ0v) is 20.3. The van der Waals surface area contributed by atoms with Crippen molar-refractivity contribution in [3.05, 3.63) is 83.2 Å². The van der Waals surface area contributed by atoms with Gasteiger partial charge >= 0.3 is 0 Å². The van der Waals surface area contributed by atoms with Crippen molar-refractivity contribution in [1.82, 2.24) is 9.97 Å². The number of aromatic nitrogens is 2. The molecular formula is C26H27N3OS2. The first-order chi connectivity index (χ1) is 15.5. The molecule has 2 aromatic carbocycles. The van der Waals surface area contributed by atoms with Gasteiger partial charge in [0, 0.05) is 17.5 Å². The quantitative estimate of drug-likeness (QED) is 0.216. The second-order valence-electron chi connectivity index (χ2n) is 7.92. The molecule has 0 aliphatic carbocycles. The van der Waals surface area contributed by atoms with E-state index < -0.39 is 0 Å². The van der Waals surface area contributed by atoms with E-state index in [9.17, 15) is 4.79 Å². The summed E-state index contributed by atoms with van der Waals surface area (Å²) in [5, 5.41) is 0.746. The molecule has 0 saturated heterocycles. The fourth-order valence-electron chi connectivity index (χ4n) is 3.43. The van der Waals surface area contributed by atoms with Crippen LogP contribution in [0.4, 0.5) is 5.13 Å². The van der Waals surface area contributed by atoms with Gasteiger partial charge in [-0.25, -0.2) is 4.98 Å². The highest BCUT2D eigenvalue weighted by atomic mass is 32.2. The molecule has 0 fully saturated rings. The summed E-state index contributed by atoms with van der Waals surface area (Å²) in [4.78, 5) is 25.6. The minimum absolute atomic E-state index is 0.0913. The van der Waals surface area contributed by atoms with Crippen LogP contribution >= 0.6 is 23.1 Å². The van der Waals surface area contributed by atoms with Crippen LogP contribution < -0.4 is 4.90 Å². The largest absolute Gasteiger partial charge is 0.282 e. The molecule has 6 heteroatoms. The van der Waals surface area contributed by atoms with Crippen molar-refractivity contribution in [3.63, 3.8) is 0 Å². The molecule has 0 unspecified atom stereocenters. The van der Waals surface area contributed by atoms with Crippen LogP contribution in [0.2, 0.25) is 0 Å². The van der Waals surface area contributed by atoms with Crippen LogP contribution in [0.5, 0.6) is 0 Å². The van der Waals surface area contributed by atoms with E-state index in [1.807, 2.05) is 18.2 Å². The first kappa shape index (κ1) is 22.5. The molecule has 1 amide bonds. The van der Waals surface area contributed by atoms with E-state index in [1.165, 1.54) is 21.6 Å². The van der Waals surface area contributed by atoms with Crippen LogP contribution in [-0.2, 0) is 11.3 Å². The van der Waals surface area contributed by atoms with Gasteiger partial charge in [0.1, 0.15) is 0 Å². The highest BCUT2D eigenvalue weighted by molar-refractivity contribution is 7.99. The van der Waals surface area contributed by atoms with Gasteiger partial charge in [0.2, 0.25) is 5.91 Å². The van der Waals surface area contributed by atoms with Crippen LogP contribution in [0.3, 0.4) is 0 Å². The Balaban J connectivity index is 1.49. The van der Waals surface area contributed by atoms with Gasteiger partial charge in [0.15, 0.2) is 5.13 Å². The van der Waals surface area contributed by atoms with E-state index in [-0.39, 0.29) is 5.91 Å². The smallest absolute Gasteiger partial charge is 0.229 e. The minimum Gasteiger partial charge on any atom is -0.282 e. The fraction of sp³-hybridized carbons (Fsp3) is 0.269. The number of rotatable bonds is 8. The Bertz CT molecular complexity index is 1200. The number of carbonyl (C=O) groups is 1. The molecule has 4 nitrogen and oxygen atoms in total. The maximum absolute atomic E-state index is 13.3. The summed E-state index contributed by atoms with van der Waals surface area (Å²) in [5.41, 5.74) is 5.49. The molecule has 4 rings (SSSR count). The number of carbonyl (C=O) groups excluding carboxylic acids is 1. The zero-order chi connectivity index (χ0) is 22.5. The monoisotopic (exact) mass is 461 g/mol. The lowest BCUT2D eigenvalue weighted by molar-refractivity contribution is -0.118. The highest BCUT2D eigenvalue weighted by Crippen LogP contribution is 2.33. The van der Waals surface area contributed by atoms with Crippen molar-refractivity contribution in [2.24, 2.45) is 0 Å². The molecule has 2 heterocycles. The van der Waals surface area contributed by atoms with Crippen LogP contribution in [0.15, 0.2) is 65.7 Å². The van der Waals surface area contributed by atoms with Gasteiger partial charge in [-0.05, 0) is 74.4 Å². The number of nitrogens with zero attached hydrogens (tertiary/aromatic N) is 3. The fourth-order valence-corrected chi connectivity index (χ4v) is 5.32. The molecule has 0 radical (unpaired) electrons. The summed E-state index contributed by atoms with van der Waals surface area (Å²) in [6.45, 7) is 6.71. The molecule has 2 aromatic heterocycles. The van der Waals surface area contributed by atoms with Gasteiger partial charge in [-0.3, -0.25) is 14.7 Å². The summed E-state index contributed by atoms with van der Waals surface area (Å²) in [6, 6.07) is 18.5. The number of hydrogen-bond acceptors (Lipinski definition) is 5. The summed E-state index contributed by atoms with van der Waals surface area (Å²) in [7, 11) is 0. The first-order valence-corrected chi connectivity index (χ1v) is 12.6. The SMILES string of the molecule is Cc1ccc(SCCCC(=O)N(Cc2ccccn2)c2nc3c(C)c(C)ccc3s2)cc1. The van der Waals surface area contributed by atoms with Crippen LogP contribution in [-0.4, -0.2) is 21.6 Å². The topological polar surface area (TPSA) is 46.1 Å². The normalized spacial score (nSPS) is 11.1. The molecule has 0 atom stereocenters. The number of pyridine rings is 1. The average Bonchev–Trinajstić information content (AvgIpc) is 3.24. The Hall–Kier alpha value is -2.70. The Morgan fingerprint density at radius 3 is 2.59 bits per heavy atom. The minimum atomic E-state index is 0.0913. The lowest BCUT2D eigenvalue weighted by Gasteiger charge is -2.19. The van der Waals surface area contributed by atoms with E-state index in [1.54, 1.807) is 34.2 Å². The van der Waals surface area contributed by atoms with Gasteiger partial charge in [0.05, 0.1) is 22.5 Å². The van der Waals surface area contributed by atoms with E-state index in [4.69, 9.17) is 4.98 Å². The van der Waals surface area contributed by atoms with Crippen LogP contribution in [0.25, 0.3) is 10.2 Å². The van der Waals surface area contributed by atoms with Crippen molar-refractivity contribution in [3.8, 4) is 0 Å². The molecular weight excluding hydrogens is 434 g/mol. The lowest BCUT2D eigenvalue weighted by atomic mass is 10.1. The number of benzene rings is 2. The molecule has 0 N–H and O–H groups in total. The number of aryl methyl sites for hydroxylation is 3. The van der Waals surface area contributed by atoms with Gasteiger partial charge < -0.3 is 0 Å². The van der Waals surface area contributed by atoms with Gasteiger partial charge in [-0.2, -0.15) is 0 Å². The number of thiazole rings is 1. The van der Waals surface area contributed by atoms with E-state index in [2.05, 4.69) is 62.2 Å². The van der Waals surface area contributed by atoms with E-state index >= 15 is 0 Å². The van der Waals surface area contributed by atoms with Crippen molar-refractivity contribution in [1.29, 1.82) is 0 Å². The van der Waals surface area contributed by atoms with Gasteiger partial charge in [-0.1, -0.05) is 41.2 Å². The number of hydrogen-bond donors (Lipinski definition) is 0. The molecule has 0 spiro atoms. The van der Waals surface area contributed by atoms with E-state index in [0.717, 1.165) is 33.2 Å². The predicted octanol–water partition coefficient (Wildman–Crippen LogP) is 6.72. The predicted molar refractivity (Wildman–Crippen MR) is 136 cm³/mol. The number of anilines is 1. The second kappa shape index (κ2) is 10.3. The maximum Gasteiger partial charge on any atom is 0.229 e. The Morgan fingerprint density at radius 2 is 1.84 bits per heavy atom. The average molecular weight is 462 g/mol. The molecule has 0 saturated carbocycles. The maximum atomic E-state index is 13.3. The second-order valence-corrected chi connectivity index (χ2v) is 10.1. The number of fused-ring (bicyclic) bond motifs is 1. The number of thioether (sulfide) groups is 1. The Labute approximate surface area is 197 Å². The molecule has 4 aromatic rings. The third-order valence-electron chi connectivity index (χ3n) is 5.48. The molecule has 0 aliphatic heterocycles. The summed E-state index contributed by atoms with van der Waals surface area (Å²) in [6.07, 6.45) is 3.07. The Kier molecular flexibility index (Phi) is 7.22. The standard InChI is InChI=1S/C26H27N3OS2/c1-18-9-12-22(13-10-18)31-16-6-8-24(30)29(17-21-7-4-5-15-27-21)26-28-25-20(3)19(2)11-14-23(25)32-26/h4-5,7,9-15H,6,8,16-17H2,1-3H3. The lowest BCUT2D eigenvalue weighted by Crippen LogP contribution is -2.30. The van der Waals surface area contributed by atoms with Crippen LogP contribution in [0.1, 0.15) is 35.2 Å². The van der Waals surface area contributed by atoms with E-state index in [0.29, 0.717) is 13.0 Å². The van der Waals surface area contributed by atoms with Crippen molar-refractivity contribution < 1.29 is 4.79 Å². The zero-order valence-electron chi connectivity index (χ0n) is 18.7. The first-order valence-electron chi connectivity index (χ1n) is 10.8.